The third kappa shape index (κ3) is 60.0. The summed E-state index contributed by atoms with van der Waals surface area (Å²) in [6.07, 6.45) is 20.9. The van der Waals surface area contributed by atoms with Gasteiger partial charge in [0.15, 0.2) is 0 Å². The Morgan fingerprint density at radius 2 is 0.571 bits per heavy atom. The van der Waals surface area contributed by atoms with Crippen molar-refractivity contribution in [1.29, 1.82) is 0 Å². The van der Waals surface area contributed by atoms with Crippen LogP contribution in [-0.2, 0) is 14.4 Å². The molecule has 0 aliphatic rings. The predicted molar refractivity (Wildman–Crippen MR) is 141 cm³/mol. The molecule has 0 spiro atoms. The molecule has 35 heavy (non-hydrogen) atoms. The quantitative estimate of drug-likeness (QED) is 0.139. The zero-order valence-corrected chi connectivity index (χ0v) is 26.2. The zero-order valence-electron chi connectivity index (χ0n) is 23.3. The maximum absolute atomic E-state index is 9.98. The van der Waals surface area contributed by atoms with E-state index < -0.39 is 17.9 Å². The van der Waals surface area contributed by atoms with Gasteiger partial charge in [-0.1, -0.05) is 117 Å². The molecule has 0 saturated carbocycles. The molecule has 0 rings (SSSR count). The van der Waals surface area contributed by atoms with Gasteiger partial charge in [-0.3, -0.25) is 0 Å². The van der Waals surface area contributed by atoms with Crippen molar-refractivity contribution < 1.29 is 29.7 Å². The third-order valence-electron chi connectivity index (χ3n) is 5.20. The Labute approximate surface area is 230 Å². The number of aliphatic carboxylic acids is 3. The van der Waals surface area contributed by atoms with E-state index in [0.29, 0.717) is 0 Å². The number of hydrogen-bond donors (Lipinski definition) is 0. The van der Waals surface area contributed by atoms with Crippen molar-refractivity contribution in [3.63, 3.8) is 0 Å². The van der Waals surface area contributed by atoms with Crippen molar-refractivity contribution in [1.82, 2.24) is 0 Å². The summed E-state index contributed by atoms with van der Waals surface area (Å²) in [7, 11) is 0. The fraction of sp³-hybridized carbons (Fsp3) is 0.893. The average molecular weight is 605 g/mol. The van der Waals surface area contributed by atoms with Crippen LogP contribution in [0, 0.1) is 0 Å². The summed E-state index contributed by atoms with van der Waals surface area (Å²) in [5.41, 5.74) is 0. The van der Waals surface area contributed by atoms with E-state index in [1.54, 1.807) is 22.5 Å². The van der Waals surface area contributed by atoms with Gasteiger partial charge >= 0.3 is 27.5 Å². The van der Waals surface area contributed by atoms with Gasteiger partial charge in [-0.2, -0.15) is 0 Å². The molecule has 0 atom stereocenters. The standard InChI is InChI=1S/3C9H18O2.CH3.Sn/c3*1-2-3-4-5-6-7-8-9(10)11;;/h3*2-8H2,1H3,(H,10,11);1H3;/q;;;;+3/p-3. The number of carbonyl (C=O) groups excluding carboxylic acids is 3. The van der Waals surface area contributed by atoms with Crippen molar-refractivity contribution in [3.8, 4) is 0 Å². The van der Waals surface area contributed by atoms with Gasteiger partial charge in [-0.05, 0) is 38.5 Å². The molecule has 0 aromatic carbocycles. The second-order valence-electron chi connectivity index (χ2n) is 8.67. The normalized spacial score (nSPS) is 9.54. The van der Waals surface area contributed by atoms with Crippen LogP contribution in [0.2, 0.25) is 4.94 Å². The molecule has 0 aliphatic heterocycles. The third-order valence-corrected chi connectivity index (χ3v) is 5.20. The Bertz CT molecular complexity index is 368. The Morgan fingerprint density at radius 3 is 0.743 bits per heavy atom. The first-order valence-corrected chi connectivity index (χ1v) is 16.8. The summed E-state index contributed by atoms with van der Waals surface area (Å²) in [6.45, 7) is 6.50. The molecule has 0 aromatic rings. The van der Waals surface area contributed by atoms with Crippen LogP contribution in [0.15, 0.2) is 0 Å². The fourth-order valence-corrected chi connectivity index (χ4v) is 3.15. The Morgan fingerprint density at radius 1 is 0.400 bits per heavy atom. The van der Waals surface area contributed by atoms with Crippen molar-refractivity contribution in [2.24, 2.45) is 0 Å². The molecular weight excluding hydrogens is 551 g/mol. The predicted octanol–water partition coefficient (Wildman–Crippen LogP) is 4.66. The molecule has 0 fully saturated rings. The van der Waals surface area contributed by atoms with Gasteiger partial charge in [0.05, 0.1) is 0 Å². The summed E-state index contributed by atoms with van der Waals surface area (Å²) >= 11 is 1.55. The molecule has 0 unspecified atom stereocenters. The summed E-state index contributed by atoms with van der Waals surface area (Å²) in [5, 5.41) is 29.9. The number of carboxylic acid groups (broad SMARTS) is 3. The van der Waals surface area contributed by atoms with Crippen LogP contribution in [0.1, 0.15) is 156 Å². The van der Waals surface area contributed by atoms with Crippen molar-refractivity contribution in [3.05, 3.63) is 0 Å². The average Bonchev–Trinajstić information content (AvgIpc) is 2.82. The monoisotopic (exact) mass is 606 g/mol. The number of rotatable bonds is 21. The summed E-state index contributed by atoms with van der Waals surface area (Å²) in [5.74, 6) is -2.75. The van der Waals surface area contributed by atoms with E-state index in [0.717, 1.165) is 38.5 Å². The minimum absolute atomic E-state index is 0.228. The molecule has 0 aromatic heterocycles. The van der Waals surface area contributed by atoms with Crippen molar-refractivity contribution in [2.75, 3.05) is 0 Å². The van der Waals surface area contributed by atoms with Gasteiger partial charge < -0.3 is 29.7 Å². The molecule has 0 saturated heterocycles. The van der Waals surface area contributed by atoms with Crippen LogP contribution in [0.5, 0.6) is 0 Å². The fourth-order valence-electron chi connectivity index (χ4n) is 3.15. The van der Waals surface area contributed by atoms with Gasteiger partial charge in [-0.15, -0.1) is 0 Å². The van der Waals surface area contributed by atoms with E-state index in [4.69, 9.17) is 0 Å². The summed E-state index contributed by atoms with van der Waals surface area (Å²) < 4.78 is 0. The van der Waals surface area contributed by atoms with Crippen LogP contribution >= 0.6 is 0 Å². The van der Waals surface area contributed by atoms with Gasteiger partial charge in [0.25, 0.3) is 0 Å². The van der Waals surface area contributed by atoms with E-state index in [1.165, 1.54) is 77.0 Å². The zero-order chi connectivity index (χ0) is 27.6. The van der Waals surface area contributed by atoms with Gasteiger partial charge in [-0.25, -0.2) is 0 Å². The Hall–Kier alpha value is -0.791. The van der Waals surface area contributed by atoms with Gasteiger partial charge in [0, 0.05) is 17.9 Å². The molecular formula is C28H54O6Sn. The minimum atomic E-state index is -0.916. The van der Waals surface area contributed by atoms with E-state index >= 15 is 0 Å². The molecule has 0 heterocycles. The molecule has 0 N–H and O–H groups in total. The van der Waals surface area contributed by atoms with Crippen LogP contribution in [0.3, 0.4) is 0 Å². The van der Waals surface area contributed by atoms with Crippen LogP contribution in [0.25, 0.3) is 0 Å². The van der Waals surface area contributed by atoms with E-state index in [1.807, 2.05) is 0 Å². The first-order chi connectivity index (χ1) is 16.8. The van der Waals surface area contributed by atoms with Gasteiger partial charge in [0.1, 0.15) is 0 Å². The Balaban J connectivity index is -0.000000198. The molecule has 0 amide bonds. The number of carboxylic acids is 3. The van der Waals surface area contributed by atoms with Gasteiger partial charge in [0.2, 0.25) is 0 Å². The molecule has 0 radical (unpaired) electrons. The molecule has 7 heteroatoms. The number of carbonyl (C=O) groups is 3. The topological polar surface area (TPSA) is 120 Å². The SMILES string of the molecule is CCCCCCCCC(=O)[O-].CCCCCCCCC(=O)[O-].CCCCCCCCC(=O)[O-].[CH3][Sn+3]. The van der Waals surface area contributed by atoms with E-state index in [2.05, 4.69) is 25.7 Å². The molecule has 6 nitrogen and oxygen atoms in total. The second-order valence-corrected chi connectivity index (χ2v) is 8.67. The van der Waals surface area contributed by atoms with Crippen molar-refractivity contribution in [2.45, 2.75) is 161 Å². The second kappa shape index (κ2) is 40.4. The molecule has 0 bridgehead atoms. The first-order valence-electron chi connectivity index (χ1n) is 13.9. The van der Waals surface area contributed by atoms with Crippen LogP contribution < -0.4 is 15.3 Å². The summed E-state index contributed by atoms with van der Waals surface area (Å²) in [4.78, 5) is 32.0. The maximum atomic E-state index is 9.98. The van der Waals surface area contributed by atoms with E-state index in [9.17, 15) is 29.7 Å². The summed E-state index contributed by atoms with van der Waals surface area (Å²) in [6, 6.07) is 0. The molecule has 206 valence electrons. The number of hydrogen-bond acceptors (Lipinski definition) is 6. The Kier molecular flexibility index (Phi) is 47.7. The van der Waals surface area contributed by atoms with Crippen LogP contribution in [-0.4, -0.2) is 40.4 Å². The van der Waals surface area contributed by atoms with Crippen LogP contribution in [0.4, 0.5) is 0 Å². The number of unbranched alkanes of at least 4 members (excludes halogenated alkanes) is 15. The molecule has 0 aliphatic carbocycles. The van der Waals surface area contributed by atoms with E-state index in [-0.39, 0.29) is 19.3 Å². The first kappa shape index (κ1) is 41.3. The van der Waals surface area contributed by atoms with Crippen molar-refractivity contribution >= 4 is 40.4 Å².